The lowest BCUT2D eigenvalue weighted by atomic mass is 10.2. The fraction of sp³-hybridized carbons (Fsp3) is 0.333. The highest BCUT2D eigenvalue weighted by molar-refractivity contribution is 5.73. The summed E-state index contributed by atoms with van der Waals surface area (Å²) < 4.78 is 0.337. The summed E-state index contributed by atoms with van der Waals surface area (Å²) in [5.41, 5.74) is 4.76. The molecule has 0 aliphatic heterocycles. The molecule has 72 valence electrons. The van der Waals surface area contributed by atoms with Gasteiger partial charge in [-0.05, 0) is 0 Å². The number of nitrogens with one attached hydrogen (secondary N) is 1. The van der Waals surface area contributed by atoms with Gasteiger partial charge >= 0.3 is 11.7 Å². The van der Waals surface area contributed by atoms with Crippen LogP contribution in [0.4, 0.5) is 0 Å². The number of hydrogen-bond donors (Lipinski definition) is 4. The average Bonchev–Trinajstić information content (AvgIpc) is 2.31. The zero-order valence-electron chi connectivity index (χ0n) is 6.60. The first-order valence-corrected chi connectivity index (χ1v) is 3.49. The number of aromatic nitrogens is 2. The van der Waals surface area contributed by atoms with Crippen LogP contribution >= 0.6 is 0 Å². The number of rotatable bonds is 3. The van der Waals surface area contributed by atoms with Crippen molar-refractivity contribution >= 4 is 5.97 Å². The molecule has 0 amide bonds. The van der Waals surface area contributed by atoms with E-state index in [2.05, 4.69) is 4.98 Å². The molecule has 0 aromatic carbocycles. The van der Waals surface area contributed by atoms with Crippen molar-refractivity contribution in [2.75, 3.05) is 0 Å². The maximum Gasteiger partial charge on any atom is 0.358 e. The first kappa shape index (κ1) is 9.33. The van der Waals surface area contributed by atoms with Crippen LogP contribution in [0.5, 0.6) is 0 Å². The highest BCUT2D eigenvalue weighted by Crippen LogP contribution is 1.95. The number of carbonyl (C=O) groups is 1. The van der Waals surface area contributed by atoms with Crippen molar-refractivity contribution in [3.8, 4) is 0 Å². The van der Waals surface area contributed by atoms with Crippen LogP contribution in [0.15, 0.2) is 11.0 Å². The fourth-order valence-corrected chi connectivity index (χ4v) is 0.861. The summed E-state index contributed by atoms with van der Waals surface area (Å²) in [6, 6.07) is -1.09. The minimum absolute atomic E-state index is 0.0296. The molecule has 1 unspecified atom stereocenters. The summed E-state index contributed by atoms with van der Waals surface area (Å²) >= 11 is 0. The van der Waals surface area contributed by atoms with E-state index < -0.39 is 17.7 Å². The number of nitrogens with zero attached hydrogens (tertiary/aromatic N) is 1. The Bertz CT molecular complexity index is 366. The molecule has 5 N–H and O–H groups in total. The standard InChI is InChI=1S/C6H9N3O4/c7-4(5(10)11)1-3-2-9(13)6(12)8-3/h2,4,13H,1,7H2,(H,8,12)(H,10,11). The topological polar surface area (TPSA) is 121 Å². The van der Waals surface area contributed by atoms with Gasteiger partial charge in [0.2, 0.25) is 0 Å². The van der Waals surface area contributed by atoms with Gasteiger partial charge in [-0.1, -0.05) is 0 Å². The second-order valence-corrected chi connectivity index (χ2v) is 2.58. The highest BCUT2D eigenvalue weighted by atomic mass is 16.5. The number of aromatic amines is 1. The third-order valence-electron chi connectivity index (χ3n) is 1.51. The van der Waals surface area contributed by atoms with E-state index in [-0.39, 0.29) is 12.1 Å². The normalized spacial score (nSPS) is 12.7. The van der Waals surface area contributed by atoms with Crippen LogP contribution in [0.2, 0.25) is 0 Å². The lowest BCUT2D eigenvalue weighted by Gasteiger charge is -2.01. The number of carboxylic acid groups (broad SMARTS) is 1. The number of nitrogens with two attached hydrogens (primary N) is 1. The maximum atomic E-state index is 10.7. The minimum atomic E-state index is -1.16. The smallest absolute Gasteiger partial charge is 0.358 e. The van der Waals surface area contributed by atoms with Gasteiger partial charge in [0.1, 0.15) is 6.04 Å². The molecule has 0 spiro atoms. The van der Waals surface area contributed by atoms with Crippen molar-refractivity contribution in [3.63, 3.8) is 0 Å². The first-order valence-electron chi connectivity index (χ1n) is 3.49. The van der Waals surface area contributed by atoms with Gasteiger partial charge in [0, 0.05) is 12.1 Å². The highest BCUT2D eigenvalue weighted by Gasteiger charge is 2.13. The van der Waals surface area contributed by atoms with E-state index in [4.69, 9.17) is 16.0 Å². The molecule has 0 aliphatic carbocycles. The first-order chi connectivity index (χ1) is 6.00. The maximum absolute atomic E-state index is 10.7. The predicted octanol–water partition coefficient (Wildman–Crippen LogP) is -1.63. The summed E-state index contributed by atoms with van der Waals surface area (Å²) in [5.74, 6) is -1.16. The molecule has 1 atom stereocenters. The summed E-state index contributed by atoms with van der Waals surface area (Å²) in [6.07, 6.45) is 1.06. The lowest BCUT2D eigenvalue weighted by Crippen LogP contribution is -2.32. The second kappa shape index (κ2) is 3.31. The van der Waals surface area contributed by atoms with Crippen LogP contribution in [-0.2, 0) is 11.2 Å². The van der Waals surface area contributed by atoms with Gasteiger partial charge in [-0.3, -0.25) is 4.79 Å². The Hall–Kier alpha value is -1.76. The summed E-state index contributed by atoms with van der Waals surface area (Å²) in [4.78, 5) is 23.2. The van der Waals surface area contributed by atoms with Crippen molar-refractivity contribution in [3.05, 3.63) is 22.4 Å². The quantitative estimate of drug-likeness (QED) is 0.423. The minimum Gasteiger partial charge on any atom is -0.480 e. The van der Waals surface area contributed by atoms with E-state index >= 15 is 0 Å². The van der Waals surface area contributed by atoms with Crippen LogP contribution in [0.3, 0.4) is 0 Å². The number of aliphatic carboxylic acids is 1. The molecule has 0 saturated carbocycles. The number of H-pyrrole nitrogens is 1. The fourth-order valence-electron chi connectivity index (χ4n) is 0.861. The van der Waals surface area contributed by atoms with Crippen molar-refractivity contribution in [1.82, 2.24) is 9.71 Å². The van der Waals surface area contributed by atoms with Crippen molar-refractivity contribution in [2.45, 2.75) is 12.5 Å². The van der Waals surface area contributed by atoms with E-state index in [1.54, 1.807) is 0 Å². The summed E-state index contributed by atoms with van der Waals surface area (Å²) in [6.45, 7) is 0. The van der Waals surface area contributed by atoms with Crippen LogP contribution in [0.1, 0.15) is 5.69 Å². The molecule has 1 aromatic heterocycles. The van der Waals surface area contributed by atoms with Gasteiger partial charge in [-0.15, -0.1) is 4.73 Å². The van der Waals surface area contributed by atoms with Gasteiger partial charge in [-0.25, -0.2) is 4.79 Å². The van der Waals surface area contributed by atoms with E-state index in [1.165, 1.54) is 0 Å². The van der Waals surface area contributed by atoms with E-state index in [0.29, 0.717) is 4.73 Å². The van der Waals surface area contributed by atoms with Crippen LogP contribution in [-0.4, -0.2) is 32.0 Å². The molecular formula is C6H9N3O4. The molecule has 0 fully saturated rings. The SMILES string of the molecule is NC(Cc1cn(O)c(=O)[nH]1)C(=O)O. The van der Waals surface area contributed by atoms with E-state index in [0.717, 1.165) is 6.20 Å². The van der Waals surface area contributed by atoms with Crippen molar-refractivity contribution < 1.29 is 15.1 Å². The average molecular weight is 187 g/mol. The van der Waals surface area contributed by atoms with Gasteiger partial charge in [0.25, 0.3) is 0 Å². The third-order valence-corrected chi connectivity index (χ3v) is 1.51. The van der Waals surface area contributed by atoms with Crippen LogP contribution < -0.4 is 11.4 Å². The molecule has 1 aromatic rings. The monoisotopic (exact) mass is 187 g/mol. The molecule has 1 heterocycles. The molecule has 0 radical (unpaired) electrons. The lowest BCUT2D eigenvalue weighted by molar-refractivity contribution is -0.138. The molecule has 0 saturated heterocycles. The zero-order chi connectivity index (χ0) is 10.0. The van der Waals surface area contributed by atoms with Gasteiger partial charge in [0.05, 0.1) is 6.20 Å². The van der Waals surface area contributed by atoms with Gasteiger partial charge in [0.15, 0.2) is 0 Å². The zero-order valence-corrected chi connectivity index (χ0v) is 6.60. The Morgan fingerprint density at radius 3 is 2.77 bits per heavy atom. The Kier molecular flexibility index (Phi) is 2.38. The Morgan fingerprint density at radius 2 is 2.38 bits per heavy atom. The number of hydrogen-bond acceptors (Lipinski definition) is 4. The Balaban J connectivity index is 2.75. The molecule has 7 nitrogen and oxygen atoms in total. The molecule has 1 rings (SSSR count). The Morgan fingerprint density at radius 1 is 1.77 bits per heavy atom. The molecule has 0 aliphatic rings. The second-order valence-electron chi connectivity index (χ2n) is 2.58. The van der Waals surface area contributed by atoms with Crippen molar-refractivity contribution in [1.29, 1.82) is 0 Å². The van der Waals surface area contributed by atoms with E-state index in [9.17, 15) is 9.59 Å². The molecule has 7 heteroatoms. The third kappa shape index (κ3) is 2.09. The summed E-state index contributed by atoms with van der Waals surface area (Å²) in [5, 5.41) is 17.2. The van der Waals surface area contributed by atoms with Crippen molar-refractivity contribution in [2.24, 2.45) is 5.73 Å². The number of carboxylic acids is 1. The number of imidazole rings is 1. The van der Waals surface area contributed by atoms with Crippen LogP contribution in [0.25, 0.3) is 0 Å². The summed E-state index contributed by atoms with van der Waals surface area (Å²) in [7, 11) is 0. The van der Waals surface area contributed by atoms with Gasteiger partial charge in [-0.2, -0.15) is 0 Å². The Labute approximate surface area is 72.4 Å². The largest absolute Gasteiger partial charge is 0.480 e. The van der Waals surface area contributed by atoms with Gasteiger partial charge < -0.3 is 21.0 Å². The predicted molar refractivity (Wildman–Crippen MR) is 41.6 cm³/mol. The van der Waals surface area contributed by atoms with Crippen LogP contribution in [0, 0.1) is 0 Å². The molecule has 0 bridgehead atoms. The van der Waals surface area contributed by atoms with E-state index in [1.807, 2.05) is 0 Å². The molecular weight excluding hydrogens is 178 g/mol. The molecule has 13 heavy (non-hydrogen) atoms.